The molecule has 216 valence electrons. The van der Waals surface area contributed by atoms with Crippen molar-refractivity contribution in [2.45, 2.75) is 31.3 Å². The molecule has 7 heterocycles. The zero-order chi connectivity index (χ0) is 28.3. The average molecular weight is 726 g/mol. The zero-order valence-electron chi connectivity index (χ0n) is 25.3. The Morgan fingerprint density at radius 1 is 0.814 bits per heavy atom. The fraction of sp³-hybridized carbons (Fsp3) is 0.531. The van der Waals surface area contributed by atoms with E-state index in [1.165, 1.54) is 50.9 Å². The quantitative estimate of drug-likeness (QED) is 0.355. The minimum atomic E-state index is -0.550. The minimum Gasteiger partial charge on any atom is -0.698 e. The molecule has 2 aromatic rings. The van der Waals surface area contributed by atoms with Gasteiger partial charge in [0.15, 0.2) is 0 Å². The molecule has 43 heavy (non-hydrogen) atoms. The van der Waals surface area contributed by atoms with Crippen LogP contribution in [0.1, 0.15) is 46.4 Å². The van der Waals surface area contributed by atoms with Gasteiger partial charge in [-0.1, -0.05) is 48.5 Å². The third-order valence-corrected chi connectivity index (χ3v) is 10.4. The summed E-state index contributed by atoms with van der Waals surface area (Å²) in [5, 5.41) is 8.37. The van der Waals surface area contributed by atoms with E-state index < -0.39 is 5.91 Å². The molecule has 4 unspecified atom stereocenters. The van der Waals surface area contributed by atoms with Gasteiger partial charge < -0.3 is 31.9 Å². The number of nitrogens with zero attached hydrogens (tertiary/aromatic N) is 3. The van der Waals surface area contributed by atoms with Crippen molar-refractivity contribution < 1.29 is 131 Å². The van der Waals surface area contributed by atoms with Crippen molar-refractivity contribution in [1.82, 2.24) is 15.1 Å². The van der Waals surface area contributed by atoms with E-state index in [9.17, 15) is 14.4 Å². The summed E-state index contributed by atoms with van der Waals surface area (Å²) in [4.78, 5) is 39.6. The summed E-state index contributed by atoms with van der Waals surface area (Å²) in [6.45, 7) is 6.88. The number of para-hydroxylation sites is 1. The Kier molecular flexibility index (Phi) is 11.3. The largest absolute Gasteiger partial charge is 1.00 e. The molecule has 7 aliphatic heterocycles. The number of carbonyl (C=O) groups excluding carboxylic acids is 3. The zero-order valence-corrected chi connectivity index (χ0v) is 35.1. The van der Waals surface area contributed by atoms with Crippen LogP contribution < -0.4 is 127 Å². The molecule has 2 amide bonds. The van der Waals surface area contributed by atoms with Crippen LogP contribution in [0.2, 0.25) is 0 Å². The van der Waals surface area contributed by atoms with Gasteiger partial charge in [-0.05, 0) is 55.0 Å². The molecule has 4 atom stereocenters. The molecule has 0 aromatic heterocycles. The van der Waals surface area contributed by atoms with E-state index in [-0.39, 0.29) is 139 Å². The molecular formula is C32H38N6O3Rb2. The average Bonchev–Trinajstić information content (AvgIpc) is 2.95. The van der Waals surface area contributed by atoms with Crippen LogP contribution in [0, 0.1) is 35.5 Å². The molecule has 1 spiro atoms. The molecule has 4 N–H and O–H groups in total. The third kappa shape index (κ3) is 6.79. The summed E-state index contributed by atoms with van der Waals surface area (Å²) in [5.74, 6) is 3.63. The Bertz CT molecular complexity index is 1330. The summed E-state index contributed by atoms with van der Waals surface area (Å²) < 4.78 is 0. The number of ketones is 1. The Morgan fingerprint density at radius 2 is 1.37 bits per heavy atom. The van der Waals surface area contributed by atoms with Crippen molar-refractivity contribution in [2.75, 3.05) is 39.3 Å². The molecule has 11 rings (SSSR count). The smallest absolute Gasteiger partial charge is 0.698 e. The van der Waals surface area contributed by atoms with Crippen molar-refractivity contribution in [3.8, 4) is 0 Å². The predicted octanol–water partition coefficient (Wildman–Crippen LogP) is -1.89. The van der Waals surface area contributed by atoms with Crippen LogP contribution in [-0.2, 0) is 4.79 Å². The summed E-state index contributed by atoms with van der Waals surface area (Å²) in [6, 6.07) is 14.2. The van der Waals surface area contributed by atoms with Crippen molar-refractivity contribution in [3.05, 3.63) is 70.7 Å². The van der Waals surface area contributed by atoms with Gasteiger partial charge in [-0.15, -0.1) is 11.4 Å². The summed E-state index contributed by atoms with van der Waals surface area (Å²) in [7, 11) is 0. The number of piperidine rings is 6. The number of rotatable bonds is 1. The molecule has 8 bridgehead atoms. The fourth-order valence-electron chi connectivity index (χ4n) is 8.86. The van der Waals surface area contributed by atoms with Crippen molar-refractivity contribution in [1.29, 1.82) is 0 Å². The number of hydrogen-bond donors (Lipinski definition) is 2. The Hall–Kier alpha value is 0.180. The second kappa shape index (κ2) is 14.1. The van der Waals surface area contributed by atoms with Crippen LogP contribution in [0.25, 0.3) is 11.1 Å². The first-order valence-electron chi connectivity index (χ1n) is 15.0. The molecule has 0 radical (unpaired) electrons. The van der Waals surface area contributed by atoms with Crippen LogP contribution in [0.15, 0.2) is 48.5 Å². The number of carbonyl (C=O) groups is 3. The van der Waals surface area contributed by atoms with E-state index in [1.807, 2.05) is 24.3 Å². The van der Waals surface area contributed by atoms with Gasteiger partial charge in [-0.2, -0.15) is 0 Å². The molecule has 2 aliphatic carbocycles. The first-order chi connectivity index (χ1) is 19.8. The monoisotopic (exact) mass is 724 g/mol. The molecule has 9 aliphatic rings. The second-order valence-corrected chi connectivity index (χ2v) is 13.1. The number of Topliss-reactive ketones (excluding diaryl/α,β-unsaturated/α-hetero) is 1. The third-order valence-electron chi connectivity index (χ3n) is 10.4. The maximum absolute atomic E-state index is 12.5. The van der Waals surface area contributed by atoms with Gasteiger partial charge in [-0.25, -0.2) is 0 Å². The van der Waals surface area contributed by atoms with Gasteiger partial charge in [-0.3, -0.25) is 14.4 Å². The number of amides is 2. The van der Waals surface area contributed by atoms with Gasteiger partial charge >= 0.3 is 116 Å². The van der Waals surface area contributed by atoms with Gasteiger partial charge in [0.05, 0.1) is 0 Å². The summed E-state index contributed by atoms with van der Waals surface area (Å²) >= 11 is 0. The summed E-state index contributed by atoms with van der Waals surface area (Å²) in [6.07, 6.45) is 4.84. The van der Waals surface area contributed by atoms with E-state index in [0.717, 1.165) is 49.3 Å². The number of primary amides is 1. The fourth-order valence-corrected chi connectivity index (χ4v) is 8.86. The maximum Gasteiger partial charge on any atom is 1.00 e. The molecule has 11 heteroatoms. The number of nitrogens with one attached hydrogen (secondary N) is 2. The summed E-state index contributed by atoms with van der Waals surface area (Å²) in [5.41, 5.74) is 13.9. The number of fused-ring (bicyclic) bond motifs is 1. The molecule has 2 aromatic carbocycles. The van der Waals surface area contributed by atoms with Gasteiger partial charge in [0.25, 0.3) is 0 Å². The molecule has 6 saturated heterocycles. The van der Waals surface area contributed by atoms with Crippen molar-refractivity contribution in [3.63, 3.8) is 0 Å². The number of hydrogen-bond acceptors (Lipinski definition) is 5. The van der Waals surface area contributed by atoms with Gasteiger partial charge in [0.1, 0.15) is 5.78 Å². The molecule has 2 saturated carbocycles. The van der Waals surface area contributed by atoms with Crippen molar-refractivity contribution >= 4 is 29.0 Å². The SMILES string of the molecule is O=C1C2CC3CC1CN(C3)C2.O=C1NC2([N-]c3ccccc31)C1CC3CC2CN(C3)C1.[NH-]c1ccccc1C(N)=O.[Rb+].[Rb+]. The predicted molar refractivity (Wildman–Crippen MR) is 156 cm³/mol. The number of nitrogens with two attached hydrogens (primary N) is 1. The minimum absolute atomic E-state index is 0. The molecule has 8 fully saturated rings. The molecular weight excluding hydrogens is 687 g/mol. The van der Waals surface area contributed by atoms with Crippen LogP contribution in [0.3, 0.4) is 0 Å². The van der Waals surface area contributed by atoms with E-state index in [1.54, 1.807) is 12.1 Å². The van der Waals surface area contributed by atoms with Crippen LogP contribution in [-0.4, -0.2) is 72.3 Å². The normalized spacial score (nSPS) is 36.4. The van der Waals surface area contributed by atoms with Crippen LogP contribution in [0.5, 0.6) is 0 Å². The standard InChI is InChI=1S/C16H19N3O.C9H13NO.C7H8N2O.2Rb/c20-15-13-3-1-2-4-14(13)17-16(18-15)11-5-10-6-12(16)9-19(7-10)8-11;11-9-7-1-6-2-8(9)5-10(3-6)4-7;8-6-4-2-1-3-5(6)7(9)10;;/h1-4,10-12H,5-9H2,(H2,17,18,20);6-8H,1-5H2;1-4H,(H4,8,9,10);;/q;;;2*+1/p-2. The molecule has 9 nitrogen and oxygen atoms in total. The van der Waals surface area contributed by atoms with Gasteiger partial charge in [0, 0.05) is 62.2 Å². The van der Waals surface area contributed by atoms with Gasteiger partial charge in [0.2, 0.25) is 11.8 Å². The van der Waals surface area contributed by atoms with E-state index in [0.29, 0.717) is 29.5 Å². The van der Waals surface area contributed by atoms with E-state index in [4.69, 9.17) is 16.8 Å². The topological polar surface area (TPSA) is 134 Å². The Balaban J connectivity index is 0.000000137. The Labute approximate surface area is 351 Å². The van der Waals surface area contributed by atoms with Crippen molar-refractivity contribution in [2.24, 2.45) is 41.2 Å². The first-order valence-corrected chi connectivity index (χ1v) is 15.0. The van der Waals surface area contributed by atoms with E-state index in [2.05, 4.69) is 15.1 Å². The second-order valence-electron chi connectivity index (χ2n) is 13.1. The maximum atomic E-state index is 12.5. The Morgan fingerprint density at radius 3 is 1.93 bits per heavy atom. The first kappa shape index (κ1) is 34.5. The van der Waals surface area contributed by atoms with Crippen LogP contribution >= 0.6 is 0 Å². The van der Waals surface area contributed by atoms with Crippen LogP contribution in [0.4, 0.5) is 11.4 Å². The number of benzene rings is 2. The van der Waals surface area contributed by atoms with E-state index >= 15 is 0 Å².